The highest BCUT2D eigenvalue weighted by atomic mass is 19.4. The summed E-state index contributed by atoms with van der Waals surface area (Å²) < 4.78 is 84.0. The summed E-state index contributed by atoms with van der Waals surface area (Å²) in [4.78, 5) is 39.2. The van der Waals surface area contributed by atoms with E-state index in [1.165, 1.54) is 0 Å². The van der Waals surface area contributed by atoms with E-state index < -0.39 is 77.0 Å². The number of ketones is 1. The van der Waals surface area contributed by atoms with Crippen LogP contribution >= 0.6 is 0 Å². The van der Waals surface area contributed by atoms with Crippen LogP contribution in [0.25, 0.3) is 0 Å². The highest BCUT2D eigenvalue weighted by Gasteiger charge is 2.56. The number of ether oxygens (including phenoxy) is 1. The Labute approximate surface area is 192 Å². The molecule has 0 spiro atoms. The van der Waals surface area contributed by atoms with Crippen LogP contribution in [0, 0.1) is 5.92 Å². The number of carbonyl (C=O) groups is 3. The molecule has 0 aromatic heterocycles. The van der Waals surface area contributed by atoms with Crippen LogP contribution in [0.15, 0.2) is 18.2 Å². The molecule has 1 aromatic rings. The van der Waals surface area contributed by atoms with Gasteiger partial charge in [0.25, 0.3) is 0 Å². The Hall–Kier alpha value is -2.79. The van der Waals surface area contributed by atoms with Crippen LogP contribution in [0.2, 0.25) is 0 Å². The Morgan fingerprint density at radius 3 is 1.94 bits per heavy atom. The first-order valence-corrected chi connectivity index (χ1v) is 10.4. The molecule has 0 aliphatic carbocycles. The predicted molar refractivity (Wildman–Crippen MR) is 108 cm³/mol. The van der Waals surface area contributed by atoms with Crippen molar-refractivity contribution in [1.29, 1.82) is 0 Å². The summed E-state index contributed by atoms with van der Waals surface area (Å²) in [7, 11) is 0. The lowest BCUT2D eigenvalue weighted by atomic mass is 9.82. The van der Waals surface area contributed by atoms with Gasteiger partial charge in [-0.05, 0) is 50.5 Å². The molecule has 12 heteroatoms. The van der Waals surface area contributed by atoms with Gasteiger partial charge in [0.2, 0.25) is 5.91 Å². The number of nitrogens with one attached hydrogen (secondary N) is 1. The smallest absolute Gasteiger partial charge is 0.416 e. The van der Waals surface area contributed by atoms with Gasteiger partial charge in [0.05, 0.1) is 17.7 Å². The number of carbonyl (C=O) groups excluding carboxylic acids is 3. The van der Waals surface area contributed by atoms with Crippen LogP contribution in [0.4, 0.5) is 31.1 Å². The number of Topliss-reactive ketones (excluding diaryl/α,β-unsaturated/α-hetero) is 1. The van der Waals surface area contributed by atoms with Gasteiger partial charge in [-0.3, -0.25) is 14.5 Å². The number of benzene rings is 1. The van der Waals surface area contributed by atoms with Gasteiger partial charge in [-0.1, -0.05) is 13.8 Å². The topological polar surface area (TPSA) is 75.7 Å². The number of halogens is 6. The molecule has 1 atom stereocenters. The Balaban J connectivity index is 2.38. The van der Waals surface area contributed by atoms with Crippen LogP contribution in [0.5, 0.6) is 0 Å². The molecule has 0 saturated carbocycles. The van der Waals surface area contributed by atoms with Crippen molar-refractivity contribution >= 4 is 17.8 Å². The van der Waals surface area contributed by atoms with Crippen LogP contribution < -0.4 is 5.32 Å². The second kappa shape index (κ2) is 9.10. The van der Waals surface area contributed by atoms with Crippen molar-refractivity contribution in [1.82, 2.24) is 10.2 Å². The number of amides is 2. The largest absolute Gasteiger partial charge is 0.444 e. The standard InChI is InChI=1S/C22H26F6N2O4/c1-12(2)20(9-16(31)11-30(20)18(33)34-19(3,4)5)17(32)29-10-13-6-14(21(23,24)25)8-15(7-13)22(26,27)28/h6-8,12H,9-11H2,1-5H3,(H,29,32). The third kappa shape index (κ3) is 6.01. The third-order valence-corrected chi connectivity index (χ3v) is 5.35. The molecule has 1 aliphatic rings. The molecule has 1 heterocycles. The monoisotopic (exact) mass is 496 g/mol. The van der Waals surface area contributed by atoms with E-state index >= 15 is 0 Å². The summed E-state index contributed by atoms with van der Waals surface area (Å²) >= 11 is 0. The van der Waals surface area contributed by atoms with Gasteiger partial charge in [-0.2, -0.15) is 26.3 Å². The zero-order valence-electron chi connectivity index (χ0n) is 19.3. The van der Waals surface area contributed by atoms with E-state index in [1.807, 2.05) is 0 Å². The molecule has 1 aliphatic heterocycles. The van der Waals surface area contributed by atoms with Gasteiger partial charge in [0, 0.05) is 13.0 Å². The maximum atomic E-state index is 13.2. The summed E-state index contributed by atoms with van der Waals surface area (Å²) in [5.74, 6) is -1.95. The van der Waals surface area contributed by atoms with Crippen LogP contribution in [-0.4, -0.2) is 40.4 Å². The van der Waals surface area contributed by atoms with Gasteiger partial charge in [-0.15, -0.1) is 0 Å². The Morgan fingerprint density at radius 2 is 1.53 bits per heavy atom. The molecule has 1 aromatic carbocycles. The zero-order valence-corrected chi connectivity index (χ0v) is 19.3. The van der Waals surface area contributed by atoms with E-state index in [-0.39, 0.29) is 12.5 Å². The van der Waals surface area contributed by atoms with Crippen molar-refractivity contribution in [3.8, 4) is 0 Å². The van der Waals surface area contributed by atoms with E-state index in [2.05, 4.69) is 5.32 Å². The van der Waals surface area contributed by atoms with Crippen LogP contribution in [-0.2, 0) is 33.2 Å². The summed E-state index contributed by atoms with van der Waals surface area (Å²) in [5, 5.41) is 2.31. The lowest BCUT2D eigenvalue weighted by Crippen LogP contribution is -2.61. The molecule has 0 bridgehead atoms. The lowest BCUT2D eigenvalue weighted by Gasteiger charge is -2.40. The molecule has 1 unspecified atom stereocenters. The Bertz CT molecular complexity index is 933. The summed E-state index contributed by atoms with van der Waals surface area (Å²) in [6, 6.07) is 0.993. The minimum absolute atomic E-state index is 0.0131. The number of hydrogen-bond donors (Lipinski definition) is 1. The van der Waals surface area contributed by atoms with Crippen molar-refractivity contribution in [2.45, 2.75) is 71.1 Å². The predicted octanol–water partition coefficient (Wildman–Crippen LogP) is 4.95. The van der Waals surface area contributed by atoms with Crippen molar-refractivity contribution in [3.63, 3.8) is 0 Å². The number of likely N-dealkylation sites (tertiary alicyclic amines) is 1. The number of rotatable bonds is 4. The summed E-state index contributed by atoms with van der Waals surface area (Å²) in [6.45, 7) is 6.81. The van der Waals surface area contributed by atoms with Gasteiger partial charge >= 0.3 is 18.4 Å². The van der Waals surface area contributed by atoms with Crippen molar-refractivity contribution < 1.29 is 45.5 Å². The minimum Gasteiger partial charge on any atom is -0.444 e. The molecule has 6 nitrogen and oxygen atoms in total. The molecule has 2 amide bonds. The first-order chi connectivity index (χ1) is 15.3. The van der Waals surface area contributed by atoms with E-state index in [1.54, 1.807) is 34.6 Å². The second-order valence-corrected chi connectivity index (χ2v) is 9.46. The molecule has 1 fully saturated rings. The van der Waals surface area contributed by atoms with Gasteiger partial charge in [0.15, 0.2) is 5.78 Å². The molecule has 190 valence electrons. The molecular formula is C22H26F6N2O4. The number of hydrogen-bond acceptors (Lipinski definition) is 4. The maximum absolute atomic E-state index is 13.2. The highest BCUT2D eigenvalue weighted by molar-refractivity contribution is 6.01. The number of alkyl halides is 6. The summed E-state index contributed by atoms with van der Waals surface area (Å²) in [5.41, 5.74) is -6.13. The average molecular weight is 496 g/mol. The molecule has 1 saturated heterocycles. The van der Waals surface area contributed by atoms with Gasteiger partial charge < -0.3 is 10.1 Å². The Morgan fingerprint density at radius 1 is 1.03 bits per heavy atom. The van der Waals surface area contributed by atoms with Crippen molar-refractivity contribution in [3.05, 3.63) is 34.9 Å². The Kier molecular flexibility index (Phi) is 7.35. The fraction of sp³-hybridized carbons (Fsp3) is 0.591. The normalized spacial score (nSPS) is 19.5. The SMILES string of the molecule is CC(C)C1(C(=O)NCc2cc(C(F)(F)F)cc(C(F)(F)F)c2)CC(=O)CN1C(=O)OC(C)(C)C. The van der Waals surface area contributed by atoms with E-state index in [4.69, 9.17) is 4.74 Å². The third-order valence-electron chi connectivity index (χ3n) is 5.35. The number of nitrogens with zero attached hydrogens (tertiary/aromatic N) is 1. The fourth-order valence-corrected chi connectivity index (χ4v) is 3.75. The molecular weight excluding hydrogens is 470 g/mol. The van der Waals surface area contributed by atoms with Crippen LogP contribution in [0.3, 0.4) is 0 Å². The average Bonchev–Trinajstić information content (AvgIpc) is 3.02. The minimum atomic E-state index is -5.04. The lowest BCUT2D eigenvalue weighted by molar-refractivity contribution is -0.143. The van der Waals surface area contributed by atoms with E-state index in [9.17, 15) is 40.7 Å². The van der Waals surface area contributed by atoms with Gasteiger partial charge in [0.1, 0.15) is 11.1 Å². The highest BCUT2D eigenvalue weighted by Crippen LogP contribution is 2.38. The quantitative estimate of drug-likeness (QED) is 0.599. The van der Waals surface area contributed by atoms with E-state index in [0.717, 1.165) is 4.90 Å². The fourth-order valence-electron chi connectivity index (χ4n) is 3.75. The van der Waals surface area contributed by atoms with Crippen molar-refractivity contribution in [2.24, 2.45) is 5.92 Å². The molecule has 1 N–H and O–H groups in total. The summed E-state index contributed by atoms with van der Waals surface area (Å²) in [6.07, 6.45) is -11.4. The first kappa shape index (κ1) is 27.5. The van der Waals surface area contributed by atoms with Crippen molar-refractivity contribution in [2.75, 3.05) is 6.54 Å². The van der Waals surface area contributed by atoms with E-state index in [0.29, 0.717) is 12.1 Å². The van der Waals surface area contributed by atoms with Crippen LogP contribution in [0.1, 0.15) is 57.7 Å². The second-order valence-electron chi connectivity index (χ2n) is 9.46. The molecule has 2 rings (SSSR count). The maximum Gasteiger partial charge on any atom is 0.416 e. The molecule has 34 heavy (non-hydrogen) atoms. The van der Waals surface area contributed by atoms with Gasteiger partial charge in [-0.25, -0.2) is 4.79 Å². The zero-order chi connectivity index (χ0) is 26.3. The first-order valence-electron chi connectivity index (χ1n) is 10.4. The molecule has 0 radical (unpaired) electrons.